The Morgan fingerprint density at radius 2 is 2.06 bits per heavy atom. The number of aryl methyl sites for hydroxylation is 1. The highest BCUT2D eigenvalue weighted by molar-refractivity contribution is 5.76. The van der Waals surface area contributed by atoms with Crippen molar-refractivity contribution in [2.45, 2.75) is 65.3 Å². The van der Waals surface area contributed by atoms with E-state index in [1.807, 2.05) is 4.68 Å². The standard InChI is InChI=1S/C13H24N4O/c1-4-5-6-7-8-17-13(10(2)3)11(15-16-17)9-12(14)18/h10H,4-9H2,1-3H3,(H2,14,18). The van der Waals surface area contributed by atoms with Gasteiger partial charge >= 0.3 is 0 Å². The van der Waals surface area contributed by atoms with Crippen molar-refractivity contribution in [3.8, 4) is 0 Å². The van der Waals surface area contributed by atoms with E-state index in [4.69, 9.17) is 5.73 Å². The molecule has 5 heteroatoms. The van der Waals surface area contributed by atoms with Crippen LogP contribution < -0.4 is 5.73 Å². The average molecular weight is 252 g/mol. The molecule has 18 heavy (non-hydrogen) atoms. The van der Waals surface area contributed by atoms with Crippen LogP contribution in [0.5, 0.6) is 0 Å². The number of carbonyl (C=O) groups excluding carboxylic acids is 1. The van der Waals surface area contributed by atoms with E-state index in [0.29, 0.717) is 5.92 Å². The first-order valence-corrected chi connectivity index (χ1v) is 6.76. The topological polar surface area (TPSA) is 73.8 Å². The summed E-state index contributed by atoms with van der Waals surface area (Å²) in [6.07, 6.45) is 4.97. The minimum Gasteiger partial charge on any atom is -0.369 e. The lowest BCUT2D eigenvalue weighted by Gasteiger charge is -2.10. The molecule has 0 aliphatic carbocycles. The molecule has 0 bridgehead atoms. The van der Waals surface area contributed by atoms with Gasteiger partial charge in [0.2, 0.25) is 5.91 Å². The molecule has 0 aliphatic heterocycles. The summed E-state index contributed by atoms with van der Waals surface area (Å²) in [6.45, 7) is 7.25. The van der Waals surface area contributed by atoms with E-state index < -0.39 is 0 Å². The zero-order valence-corrected chi connectivity index (χ0v) is 11.6. The number of aromatic nitrogens is 3. The number of primary amides is 1. The normalized spacial score (nSPS) is 11.1. The Morgan fingerprint density at radius 3 is 2.61 bits per heavy atom. The van der Waals surface area contributed by atoms with Crippen LogP contribution in [0.2, 0.25) is 0 Å². The number of nitrogens with two attached hydrogens (primary N) is 1. The fourth-order valence-corrected chi connectivity index (χ4v) is 2.13. The van der Waals surface area contributed by atoms with E-state index in [9.17, 15) is 4.79 Å². The lowest BCUT2D eigenvalue weighted by atomic mass is 10.1. The van der Waals surface area contributed by atoms with Crippen molar-refractivity contribution in [1.82, 2.24) is 15.0 Å². The predicted octanol–water partition coefficient (Wildman–Crippen LogP) is 2.01. The van der Waals surface area contributed by atoms with E-state index in [2.05, 4.69) is 31.1 Å². The van der Waals surface area contributed by atoms with Crippen LogP contribution in [0.3, 0.4) is 0 Å². The van der Waals surface area contributed by atoms with Gasteiger partial charge in [0.1, 0.15) is 0 Å². The van der Waals surface area contributed by atoms with Gasteiger partial charge in [-0.1, -0.05) is 45.2 Å². The summed E-state index contributed by atoms with van der Waals surface area (Å²) in [4.78, 5) is 11.0. The first-order valence-electron chi connectivity index (χ1n) is 6.76. The molecule has 0 saturated carbocycles. The second-order valence-electron chi connectivity index (χ2n) is 5.00. The number of hydrogen-bond acceptors (Lipinski definition) is 3. The SMILES string of the molecule is CCCCCCn1nnc(CC(N)=O)c1C(C)C. The fraction of sp³-hybridized carbons (Fsp3) is 0.769. The van der Waals surface area contributed by atoms with Gasteiger partial charge in [0, 0.05) is 6.54 Å². The molecule has 0 aliphatic rings. The smallest absolute Gasteiger partial charge is 0.223 e. The zero-order valence-electron chi connectivity index (χ0n) is 11.6. The van der Waals surface area contributed by atoms with Crippen LogP contribution in [0.1, 0.15) is 63.8 Å². The predicted molar refractivity (Wildman–Crippen MR) is 71.2 cm³/mol. The molecule has 0 saturated heterocycles. The zero-order chi connectivity index (χ0) is 13.5. The van der Waals surface area contributed by atoms with Gasteiger partial charge in [-0.25, -0.2) is 4.68 Å². The fourth-order valence-electron chi connectivity index (χ4n) is 2.13. The monoisotopic (exact) mass is 252 g/mol. The van der Waals surface area contributed by atoms with Gasteiger partial charge in [0.25, 0.3) is 0 Å². The number of nitrogens with zero attached hydrogens (tertiary/aromatic N) is 3. The van der Waals surface area contributed by atoms with Crippen LogP contribution in [0.15, 0.2) is 0 Å². The number of unbranched alkanes of at least 4 members (excludes halogenated alkanes) is 3. The van der Waals surface area contributed by atoms with E-state index in [1.165, 1.54) is 19.3 Å². The van der Waals surface area contributed by atoms with E-state index in [1.54, 1.807) is 0 Å². The van der Waals surface area contributed by atoms with Crippen LogP contribution in [-0.4, -0.2) is 20.9 Å². The molecule has 102 valence electrons. The van der Waals surface area contributed by atoms with Crippen molar-refractivity contribution in [2.75, 3.05) is 0 Å². The molecular weight excluding hydrogens is 228 g/mol. The van der Waals surface area contributed by atoms with Crippen molar-refractivity contribution in [3.63, 3.8) is 0 Å². The summed E-state index contributed by atoms with van der Waals surface area (Å²) >= 11 is 0. The number of rotatable bonds is 8. The summed E-state index contributed by atoms with van der Waals surface area (Å²) in [5.74, 6) is -0.0459. The molecule has 0 unspecified atom stereocenters. The van der Waals surface area contributed by atoms with Gasteiger partial charge in [0.05, 0.1) is 17.8 Å². The third kappa shape index (κ3) is 4.13. The molecular formula is C13H24N4O. The first-order chi connectivity index (χ1) is 8.56. The van der Waals surface area contributed by atoms with Crippen LogP contribution in [0.4, 0.5) is 0 Å². The Balaban J connectivity index is 2.72. The van der Waals surface area contributed by atoms with Crippen molar-refractivity contribution < 1.29 is 4.79 Å². The first kappa shape index (κ1) is 14.7. The van der Waals surface area contributed by atoms with Gasteiger partial charge < -0.3 is 5.73 Å². The molecule has 5 nitrogen and oxygen atoms in total. The molecule has 1 rings (SSSR count). The van der Waals surface area contributed by atoms with Gasteiger partial charge in [0.15, 0.2) is 0 Å². The highest BCUT2D eigenvalue weighted by Gasteiger charge is 2.17. The van der Waals surface area contributed by atoms with E-state index >= 15 is 0 Å². The third-order valence-corrected chi connectivity index (χ3v) is 2.96. The molecule has 1 amide bonds. The number of amides is 1. The molecule has 0 radical (unpaired) electrons. The van der Waals surface area contributed by atoms with Crippen molar-refractivity contribution >= 4 is 5.91 Å². The van der Waals surface area contributed by atoms with Crippen LogP contribution >= 0.6 is 0 Å². The Morgan fingerprint density at radius 1 is 1.33 bits per heavy atom. The molecule has 1 aromatic heterocycles. The summed E-state index contributed by atoms with van der Waals surface area (Å²) in [5.41, 5.74) is 7.00. The van der Waals surface area contributed by atoms with Gasteiger partial charge in [-0.15, -0.1) is 5.10 Å². The summed E-state index contributed by atoms with van der Waals surface area (Å²) in [6, 6.07) is 0. The van der Waals surface area contributed by atoms with Gasteiger partial charge in [-0.2, -0.15) is 0 Å². The van der Waals surface area contributed by atoms with Crippen LogP contribution in [0, 0.1) is 0 Å². The molecule has 0 atom stereocenters. The second-order valence-corrected chi connectivity index (χ2v) is 5.00. The minimum atomic E-state index is -0.352. The largest absolute Gasteiger partial charge is 0.369 e. The lowest BCUT2D eigenvalue weighted by Crippen LogP contribution is -2.16. The highest BCUT2D eigenvalue weighted by Crippen LogP contribution is 2.18. The summed E-state index contributed by atoms with van der Waals surface area (Å²) in [5, 5.41) is 8.24. The Labute approximate surface area is 109 Å². The molecule has 0 spiro atoms. The molecule has 1 aromatic rings. The van der Waals surface area contributed by atoms with Crippen LogP contribution in [-0.2, 0) is 17.8 Å². The molecule has 0 fully saturated rings. The number of carbonyl (C=O) groups is 1. The highest BCUT2D eigenvalue weighted by atomic mass is 16.1. The van der Waals surface area contributed by atoms with E-state index in [-0.39, 0.29) is 12.3 Å². The van der Waals surface area contributed by atoms with Crippen molar-refractivity contribution in [3.05, 3.63) is 11.4 Å². The summed E-state index contributed by atoms with van der Waals surface area (Å²) < 4.78 is 1.93. The lowest BCUT2D eigenvalue weighted by molar-refractivity contribution is -0.117. The van der Waals surface area contributed by atoms with Crippen molar-refractivity contribution in [1.29, 1.82) is 0 Å². The average Bonchev–Trinajstić information content (AvgIpc) is 2.66. The molecule has 1 heterocycles. The summed E-state index contributed by atoms with van der Waals surface area (Å²) in [7, 11) is 0. The third-order valence-electron chi connectivity index (χ3n) is 2.96. The maximum absolute atomic E-state index is 11.0. The quantitative estimate of drug-likeness (QED) is 0.719. The molecule has 2 N–H and O–H groups in total. The van der Waals surface area contributed by atoms with Crippen molar-refractivity contribution in [2.24, 2.45) is 5.73 Å². The minimum absolute atomic E-state index is 0.183. The Hall–Kier alpha value is -1.39. The maximum atomic E-state index is 11.0. The Bertz CT molecular complexity index is 384. The van der Waals surface area contributed by atoms with E-state index in [0.717, 1.165) is 24.4 Å². The van der Waals surface area contributed by atoms with Gasteiger partial charge in [-0.3, -0.25) is 4.79 Å². The molecule has 0 aromatic carbocycles. The van der Waals surface area contributed by atoms with Crippen LogP contribution in [0.25, 0.3) is 0 Å². The second kappa shape index (κ2) is 7.13. The Kier molecular flexibility index (Phi) is 5.82. The van der Waals surface area contributed by atoms with Gasteiger partial charge in [-0.05, 0) is 12.3 Å². The maximum Gasteiger partial charge on any atom is 0.223 e. The number of hydrogen-bond donors (Lipinski definition) is 1.